The fourth-order valence-corrected chi connectivity index (χ4v) is 1.16. The van der Waals surface area contributed by atoms with Gasteiger partial charge in [0.15, 0.2) is 0 Å². The molecule has 0 nitrogen and oxygen atoms in total. The maximum atomic E-state index is 11.7. The van der Waals surface area contributed by atoms with Crippen molar-refractivity contribution in [2.24, 2.45) is 5.92 Å². The Morgan fingerprint density at radius 2 is 2.10 bits per heavy atom. The average molecular weight is 150 g/mol. The minimum Gasteiger partial charge on any atom is -0.171 e. The number of hydrogen-bond acceptors (Lipinski definition) is 0. The Hall–Kier alpha value is -0.470. The normalized spacial score (nSPS) is 25.7. The van der Waals surface area contributed by atoms with Crippen LogP contribution in [0.2, 0.25) is 0 Å². The number of rotatable bonds is 1. The molecule has 0 bridgehead atoms. The molecule has 1 aliphatic rings. The fourth-order valence-electron chi connectivity index (χ4n) is 1.16. The van der Waals surface area contributed by atoms with Gasteiger partial charge in [0.05, 0.1) is 0 Å². The Morgan fingerprint density at radius 3 is 2.50 bits per heavy atom. The van der Waals surface area contributed by atoms with Crippen molar-refractivity contribution in [3.05, 3.63) is 12.2 Å². The first-order chi connectivity index (χ1) is 4.58. The number of alkyl halides is 3. The van der Waals surface area contributed by atoms with Crippen LogP contribution in [0.4, 0.5) is 13.2 Å². The molecule has 0 N–H and O–H groups in total. The summed E-state index contributed by atoms with van der Waals surface area (Å²) in [6.07, 6.45) is 0.312. The summed E-state index contributed by atoms with van der Waals surface area (Å²) in [7, 11) is 0. The van der Waals surface area contributed by atoms with Crippen molar-refractivity contribution >= 4 is 0 Å². The van der Waals surface area contributed by atoms with Gasteiger partial charge in [0.2, 0.25) is 0 Å². The van der Waals surface area contributed by atoms with Crippen molar-refractivity contribution in [2.75, 3.05) is 0 Å². The SMILES string of the molecule is FC(F)(F)CC1C=CCC1. The van der Waals surface area contributed by atoms with E-state index in [0.717, 1.165) is 6.42 Å². The van der Waals surface area contributed by atoms with E-state index in [-0.39, 0.29) is 5.92 Å². The van der Waals surface area contributed by atoms with Gasteiger partial charge < -0.3 is 0 Å². The van der Waals surface area contributed by atoms with E-state index >= 15 is 0 Å². The summed E-state index contributed by atoms with van der Waals surface area (Å²) in [6.45, 7) is 0. The summed E-state index contributed by atoms with van der Waals surface area (Å²) in [5.74, 6) is -0.250. The van der Waals surface area contributed by atoms with Crippen LogP contribution in [-0.2, 0) is 0 Å². The molecule has 0 heterocycles. The Bertz CT molecular complexity index is 134. The van der Waals surface area contributed by atoms with Crippen molar-refractivity contribution in [1.82, 2.24) is 0 Å². The Kier molecular flexibility index (Phi) is 2.02. The molecule has 0 saturated heterocycles. The summed E-state index contributed by atoms with van der Waals surface area (Å²) in [5.41, 5.74) is 0. The molecule has 0 aromatic carbocycles. The van der Waals surface area contributed by atoms with Crippen molar-refractivity contribution in [2.45, 2.75) is 25.4 Å². The molecule has 10 heavy (non-hydrogen) atoms. The lowest BCUT2D eigenvalue weighted by Crippen LogP contribution is -2.12. The third-order valence-electron chi connectivity index (χ3n) is 1.61. The van der Waals surface area contributed by atoms with Gasteiger partial charge in [-0.2, -0.15) is 13.2 Å². The van der Waals surface area contributed by atoms with Crippen molar-refractivity contribution < 1.29 is 13.2 Å². The molecule has 0 spiro atoms. The summed E-state index contributed by atoms with van der Waals surface area (Å²) in [5, 5.41) is 0. The van der Waals surface area contributed by atoms with Crippen LogP contribution in [0.25, 0.3) is 0 Å². The first-order valence-electron chi connectivity index (χ1n) is 3.31. The summed E-state index contributed by atoms with van der Waals surface area (Å²) in [6, 6.07) is 0. The second-order valence-electron chi connectivity index (χ2n) is 2.58. The smallest absolute Gasteiger partial charge is 0.171 e. The second kappa shape index (κ2) is 2.64. The van der Waals surface area contributed by atoms with Crippen LogP contribution in [0.1, 0.15) is 19.3 Å². The van der Waals surface area contributed by atoms with Crippen LogP contribution in [0, 0.1) is 5.92 Å². The molecule has 1 aliphatic carbocycles. The minimum absolute atomic E-state index is 0.250. The van der Waals surface area contributed by atoms with Gasteiger partial charge in [0, 0.05) is 6.42 Å². The van der Waals surface area contributed by atoms with E-state index in [4.69, 9.17) is 0 Å². The molecule has 0 saturated carbocycles. The quantitative estimate of drug-likeness (QED) is 0.504. The van der Waals surface area contributed by atoms with E-state index in [9.17, 15) is 13.2 Å². The molecule has 0 amide bonds. The van der Waals surface area contributed by atoms with Gasteiger partial charge in [-0.1, -0.05) is 12.2 Å². The standard InChI is InChI=1S/C7H9F3/c8-7(9,10)5-6-3-1-2-4-6/h1,3,6H,2,4-5H2. The van der Waals surface area contributed by atoms with E-state index in [2.05, 4.69) is 0 Å². The Morgan fingerprint density at radius 1 is 1.40 bits per heavy atom. The third-order valence-corrected chi connectivity index (χ3v) is 1.61. The number of hydrogen-bond donors (Lipinski definition) is 0. The first-order valence-corrected chi connectivity index (χ1v) is 3.31. The van der Waals surface area contributed by atoms with Crippen LogP contribution < -0.4 is 0 Å². The fraction of sp³-hybridized carbons (Fsp3) is 0.714. The predicted octanol–water partition coefficient (Wildman–Crippen LogP) is 2.91. The van der Waals surface area contributed by atoms with Crippen molar-refractivity contribution in [3.8, 4) is 0 Å². The van der Waals surface area contributed by atoms with Crippen LogP contribution in [0.3, 0.4) is 0 Å². The molecule has 1 atom stereocenters. The highest BCUT2D eigenvalue weighted by Gasteiger charge is 2.31. The van der Waals surface area contributed by atoms with E-state index in [1.54, 1.807) is 6.08 Å². The van der Waals surface area contributed by atoms with Crippen molar-refractivity contribution in [3.63, 3.8) is 0 Å². The molecular formula is C7H9F3. The lowest BCUT2D eigenvalue weighted by atomic mass is 10.1. The Balaban J connectivity index is 2.31. The van der Waals surface area contributed by atoms with Crippen LogP contribution in [0.15, 0.2) is 12.2 Å². The van der Waals surface area contributed by atoms with E-state index in [0.29, 0.717) is 6.42 Å². The first kappa shape index (κ1) is 7.63. The van der Waals surface area contributed by atoms with Crippen molar-refractivity contribution in [1.29, 1.82) is 0 Å². The molecule has 0 aromatic heterocycles. The molecule has 1 rings (SSSR count). The molecule has 0 aliphatic heterocycles. The summed E-state index contributed by atoms with van der Waals surface area (Å²) in [4.78, 5) is 0. The molecule has 0 radical (unpaired) electrons. The number of allylic oxidation sites excluding steroid dienone is 2. The van der Waals surface area contributed by atoms with E-state index < -0.39 is 12.6 Å². The summed E-state index contributed by atoms with van der Waals surface area (Å²) >= 11 is 0. The zero-order valence-corrected chi connectivity index (χ0v) is 5.49. The monoisotopic (exact) mass is 150 g/mol. The third kappa shape index (κ3) is 2.42. The molecule has 58 valence electrons. The highest BCUT2D eigenvalue weighted by molar-refractivity contribution is 4.96. The summed E-state index contributed by atoms with van der Waals surface area (Å²) < 4.78 is 35.0. The highest BCUT2D eigenvalue weighted by Crippen LogP contribution is 2.30. The minimum atomic E-state index is -3.99. The zero-order chi connectivity index (χ0) is 7.61. The molecule has 0 fully saturated rings. The largest absolute Gasteiger partial charge is 0.389 e. The topological polar surface area (TPSA) is 0 Å². The average Bonchev–Trinajstić information content (AvgIpc) is 2.12. The predicted molar refractivity (Wildman–Crippen MR) is 32.5 cm³/mol. The zero-order valence-electron chi connectivity index (χ0n) is 5.49. The molecular weight excluding hydrogens is 141 g/mol. The number of halogens is 3. The maximum Gasteiger partial charge on any atom is 0.389 e. The second-order valence-corrected chi connectivity index (χ2v) is 2.58. The van der Waals surface area contributed by atoms with E-state index in [1.165, 1.54) is 0 Å². The lowest BCUT2D eigenvalue weighted by Gasteiger charge is -2.09. The van der Waals surface area contributed by atoms with Crippen LogP contribution in [-0.4, -0.2) is 6.18 Å². The van der Waals surface area contributed by atoms with Gasteiger partial charge in [0.25, 0.3) is 0 Å². The van der Waals surface area contributed by atoms with Gasteiger partial charge in [-0.25, -0.2) is 0 Å². The maximum absolute atomic E-state index is 11.7. The van der Waals surface area contributed by atoms with Gasteiger partial charge in [-0.05, 0) is 18.8 Å². The van der Waals surface area contributed by atoms with Gasteiger partial charge in [-0.3, -0.25) is 0 Å². The molecule has 0 aromatic rings. The Labute approximate surface area is 57.7 Å². The molecule has 1 unspecified atom stereocenters. The van der Waals surface area contributed by atoms with Gasteiger partial charge >= 0.3 is 6.18 Å². The van der Waals surface area contributed by atoms with Crippen LogP contribution >= 0.6 is 0 Å². The van der Waals surface area contributed by atoms with Gasteiger partial charge in [-0.15, -0.1) is 0 Å². The highest BCUT2D eigenvalue weighted by atomic mass is 19.4. The van der Waals surface area contributed by atoms with Crippen LogP contribution in [0.5, 0.6) is 0 Å². The van der Waals surface area contributed by atoms with E-state index in [1.807, 2.05) is 6.08 Å². The lowest BCUT2D eigenvalue weighted by molar-refractivity contribution is -0.141. The molecule has 3 heteroatoms. The van der Waals surface area contributed by atoms with Gasteiger partial charge in [0.1, 0.15) is 0 Å².